The summed E-state index contributed by atoms with van der Waals surface area (Å²) in [4.78, 5) is 24.9. The lowest BCUT2D eigenvalue weighted by Crippen LogP contribution is -2.38. The van der Waals surface area contributed by atoms with E-state index in [2.05, 4.69) is 0 Å². The molecule has 0 aliphatic rings. The molecule has 0 saturated heterocycles. The van der Waals surface area contributed by atoms with Crippen LogP contribution in [0.3, 0.4) is 0 Å². The van der Waals surface area contributed by atoms with Crippen molar-refractivity contribution in [2.75, 3.05) is 13.2 Å². The Morgan fingerprint density at radius 2 is 2.16 bits per heavy atom. The van der Waals surface area contributed by atoms with E-state index in [0.29, 0.717) is 10.4 Å². The van der Waals surface area contributed by atoms with E-state index in [4.69, 9.17) is 10.2 Å². The minimum Gasteiger partial charge on any atom is -0.478 e. The maximum absolute atomic E-state index is 12.2. The number of thiophene rings is 1. The fourth-order valence-electron chi connectivity index (χ4n) is 1.57. The molecule has 104 valence electrons. The molecule has 0 atom stereocenters. The largest absolute Gasteiger partial charge is 0.478 e. The van der Waals surface area contributed by atoms with Crippen LogP contribution in [0, 0.1) is 0 Å². The molecule has 0 saturated carbocycles. The Morgan fingerprint density at radius 3 is 2.68 bits per heavy atom. The molecule has 1 heterocycles. The molecular weight excluding hydrogens is 266 g/mol. The number of rotatable bonds is 6. The van der Waals surface area contributed by atoms with E-state index < -0.39 is 5.97 Å². The normalized spacial score (nSPS) is 11.2. The van der Waals surface area contributed by atoms with Crippen LogP contribution in [0.2, 0.25) is 0 Å². The first-order valence-corrected chi connectivity index (χ1v) is 6.75. The summed E-state index contributed by atoms with van der Waals surface area (Å²) in [6, 6.07) is 1.65. The number of hydrogen-bond donors (Lipinski definition) is 2. The highest BCUT2D eigenvalue weighted by Gasteiger charge is 2.19. The van der Waals surface area contributed by atoms with Gasteiger partial charge in [-0.1, -0.05) is 0 Å². The molecule has 19 heavy (non-hydrogen) atoms. The van der Waals surface area contributed by atoms with Crippen molar-refractivity contribution in [1.29, 1.82) is 0 Å². The fraction of sp³-hybridized carbons (Fsp3) is 0.385. The number of aliphatic hydroxyl groups excluding tert-OH is 1. The Hall–Kier alpha value is -1.66. The first-order valence-electron chi connectivity index (χ1n) is 5.87. The summed E-state index contributed by atoms with van der Waals surface area (Å²) >= 11 is 1.31. The maximum Gasteiger partial charge on any atom is 0.328 e. The molecule has 0 aliphatic heterocycles. The molecule has 1 amide bonds. The molecule has 5 nitrogen and oxygen atoms in total. The topological polar surface area (TPSA) is 77.8 Å². The monoisotopic (exact) mass is 283 g/mol. The van der Waals surface area contributed by atoms with Gasteiger partial charge in [0.2, 0.25) is 0 Å². The second kappa shape index (κ2) is 7.06. The third-order valence-electron chi connectivity index (χ3n) is 2.48. The smallest absolute Gasteiger partial charge is 0.328 e. The maximum atomic E-state index is 12.2. The fourth-order valence-corrected chi connectivity index (χ4v) is 2.35. The Kier molecular flexibility index (Phi) is 5.72. The van der Waals surface area contributed by atoms with Crippen LogP contribution < -0.4 is 0 Å². The van der Waals surface area contributed by atoms with Crippen LogP contribution in [0.5, 0.6) is 0 Å². The van der Waals surface area contributed by atoms with Crippen molar-refractivity contribution in [1.82, 2.24) is 4.90 Å². The van der Waals surface area contributed by atoms with Crippen LogP contribution in [0.25, 0.3) is 6.08 Å². The zero-order chi connectivity index (χ0) is 14.4. The summed E-state index contributed by atoms with van der Waals surface area (Å²) in [7, 11) is 0. The van der Waals surface area contributed by atoms with Crippen molar-refractivity contribution in [3.63, 3.8) is 0 Å². The molecule has 0 unspecified atom stereocenters. The lowest BCUT2D eigenvalue weighted by molar-refractivity contribution is -0.131. The van der Waals surface area contributed by atoms with E-state index in [9.17, 15) is 9.59 Å². The Labute approximate surface area is 115 Å². The summed E-state index contributed by atoms with van der Waals surface area (Å²) in [5.74, 6) is -1.18. The van der Waals surface area contributed by atoms with Crippen LogP contribution in [0.1, 0.15) is 29.1 Å². The minimum atomic E-state index is -1.02. The van der Waals surface area contributed by atoms with E-state index in [1.807, 2.05) is 13.8 Å². The molecule has 2 N–H and O–H groups in total. The van der Waals surface area contributed by atoms with Crippen molar-refractivity contribution in [2.24, 2.45) is 0 Å². The molecule has 0 radical (unpaired) electrons. The second-order valence-electron chi connectivity index (χ2n) is 4.23. The number of aliphatic hydroxyl groups is 1. The van der Waals surface area contributed by atoms with E-state index in [1.165, 1.54) is 17.4 Å². The van der Waals surface area contributed by atoms with Crippen LogP contribution in [0.15, 0.2) is 17.5 Å². The summed E-state index contributed by atoms with van der Waals surface area (Å²) in [6.07, 6.45) is 2.49. The quantitative estimate of drug-likeness (QED) is 0.779. The van der Waals surface area contributed by atoms with Crippen LogP contribution in [-0.2, 0) is 4.79 Å². The summed E-state index contributed by atoms with van der Waals surface area (Å²) in [5, 5.41) is 19.2. The summed E-state index contributed by atoms with van der Waals surface area (Å²) in [5.41, 5.74) is 0.511. The van der Waals surface area contributed by atoms with Gasteiger partial charge in [-0.05, 0) is 26.0 Å². The summed E-state index contributed by atoms with van der Waals surface area (Å²) < 4.78 is 0. The number of carbonyl (C=O) groups is 2. The first kappa shape index (κ1) is 15.4. The number of aliphatic carboxylic acids is 1. The van der Waals surface area contributed by atoms with Gasteiger partial charge in [-0.3, -0.25) is 4.79 Å². The molecule has 0 aliphatic carbocycles. The predicted molar refractivity (Wildman–Crippen MR) is 74.2 cm³/mol. The number of nitrogens with zero attached hydrogens (tertiary/aromatic N) is 1. The number of carboxylic acids is 1. The van der Waals surface area contributed by atoms with Gasteiger partial charge in [0, 0.05) is 28.9 Å². The van der Waals surface area contributed by atoms with Gasteiger partial charge >= 0.3 is 5.97 Å². The standard InChI is InChI=1S/C13H17NO4S/c1-9(2)14(5-6-15)13(18)10-7-11(19-8-10)3-4-12(16)17/h3-4,7-9,15H,5-6H2,1-2H3,(H,16,17). The molecule has 1 aromatic heterocycles. The lowest BCUT2D eigenvalue weighted by atomic mass is 10.2. The van der Waals surface area contributed by atoms with Crippen LogP contribution in [0.4, 0.5) is 0 Å². The highest BCUT2D eigenvalue weighted by atomic mass is 32.1. The second-order valence-corrected chi connectivity index (χ2v) is 5.17. The third-order valence-corrected chi connectivity index (χ3v) is 3.38. The first-order chi connectivity index (χ1) is 8.95. The predicted octanol–water partition coefficient (Wildman–Crippen LogP) is 1.69. The average Bonchev–Trinajstić information content (AvgIpc) is 2.81. The number of amides is 1. The zero-order valence-corrected chi connectivity index (χ0v) is 11.7. The molecular formula is C13H17NO4S. The van der Waals surface area contributed by atoms with Gasteiger partial charge < -0.3 is 15.1 Å². The number of hydrogen-bond acceptors (Lipinski definition) is 4. The van der Waals surface area contributed by atoms with Crippen LogP contribution in [-0.4, -0.2) is 46.2 Å². The van der Waals surface area contributed by atoms with Gasteiger partial charge in [0.1, 0.15) is 0 Å². The molecule has 1 aromatic rings. The van der Waals surface area contributed by atoms with Crippen molar-refractivity contribution in [3.8, 4) is 0 Å². The van der Waals surface area contributed by atoms with E-state index in [-0.39, 0.29) is 25.1 Å². The van der Waals surface area contributed by atoms with Gasteiger partial charge in [-0.2, -0.15) is 0 Å². The van der Waals surface area contributed by atoms with Crippen molar-refractivity contribution >= 4 is 29.3 Å². The van der Waals surface area contributed by atoms with Gasteiger partial charge in [0.15, 0.2) is 0 Å². The van der Waals surface area contributed by atoms with Crippen molar-refractivity contribution in [3.05, 3.63) is 28.0 Å². The average molecular weight is 283 g/mol. The van der Waals surface area contributed by atoms with E-state index in [0.717, 1.165) is 6.08 Å². The Balaban J connectivity index is 2.85. The summed E-state index contributed by atoms with van der Waals surface area (Å²) in [6.45, 7) is 3.96. The zero-order valence-electron chi connectivity index (χ0n) is 10.9. The SMILES string of the molecule is CC(C)N(CCO)C(=O)c1csc(C=CC(=O)O)c1. The van der Waals surface area contributed by atoms with Gasteiger partial charge in [0.25, 0.3) is 5.91 Å². The molecule has 0 spiro atoms. The number of carbonyl (C=O) groups excluding carboxylic acids is 1. The number of carboxylic acid groups (broad SMARTS) is 1. The van der Waals surface area contributed by atoms with Gasteiger partial charge in [0.05, 0.1) is 12.2 Å². The van der Waals surface area contributed by atoms with Crippen molar-refractivity contribution < 1.29 is 19.8 Å². The highest BCUT2D eigenvalue weighted by molar-refractivity contribution is 7.11. The van der Waals surface area contributed by atoms with Gasteiger partial charge in [-0.15, -0.1) is 11.3 Å². The molecule has 6 heteroatoms. The Bertz CT molecular complexity index is 479. The van der Waals surface area contributed by atoms with E-state index in [1.54, 1.807) is 16.3 Å². The van der Waals surface area contributed by atoms with Crippen LogP contribution >= 0.6 is 11.3 Å². The third kappa shape index (κ3) is 4.50. The molecule has 1 rings (SSSR count). The molecule has 0 aromatic carbocycles. The lowest BCUT2D eigenvalue weighted by Gasteiger charge is -2.25. The van der Waals surface area contributed by atoms with E-state index >= 15 is 0 Å². The molecule has 0 fully saturated rings. The Morgan fingerprint density at radius 1 is 1.47 bits per heavy atom. The molecule has 0 bridgehead atoms. The van der Waals surface area contributed by atoms with Gasteiger partial charge in [-0.25, -0.2) is 4.79 Å². The minimum absolute atomic E-state index is 0.00226. The highest BCUT2D eigenvalue weighted by Crippen LogP contribution is 2.18. The van der Waals surface area contributed by atoms with Crippen molar-refractivity contribution in [2.45, 2.75) is 19.9 Å².